The van der Waals surface area contributed by atoms with Gasteiger partial charge >= 0.3 is 48.7 Å². The van der Waals surface area contributed by atoms with Crippen LogP contribution in [0.1, 0.15) is 26.2 Å². The van der Waals surface area contributed by atoms with E-state index in [1.54, 1.807) is 0 Å². The molecule has 0 nitrogen and oxygen atoms in total. The van der Waals surface area contributed by atoms with Crippen molar-refractivity contribution in [2.75, 3.05) is 0 Å². The van der Waals surface area contributed by atoms with Crippen molar-refractivity contribution in [1.82, 2.24) is 0 Å². The van der Waals surface area contributed by atoms with Gasteiger partial charge < -0.3 is 0 Å². The van der Waals surface area contributed by atoms with Gasteiger partial charge in [-0.2, -0.15) is 0 Å². The first-order valence-corrected chi connectivity index (χ1v) is 3.51. The van der Waals surface area contributed by atoms with Gasteiger partial charge in [0.2, 0.25) is 0 Å². The number of rotatable bonds is 3. The van der Waals surface area contributed by atoms with Crippen molar-refractivity contribution in [3.8, 4) is 0 Å². The number of unbranched alkanes of at least 4 members (excludes halogenated alkanes) is 2. The first kappa shape index (κ1) is 6.58. The Morgan fingerprint density at radius 2 is 2.00 bits per heavy atom. The Hall–Kier alpha value is 0.584. The van der Waals surface area contributed by atoms with Crippen molar-refractivity contribution >= 4 is 0 Å². The van der Waals surface area contributed by atoms with Gasteiger partial charge in [0.25, 0.3) is 0 Å². The van der Waals surface area contributed by atoms with Gasteiger partial charge in [0, 0.05) is 0 Å². The van der Waals surface area contributed by atoms with Crippen molar-refractivity contribution < 1.29 is 17.4 Å². The third kappa shape index (κ3) is 4.58. The molecule has 0 saturated carbocycles. The summed E-state index contributed by atoms with van der Waals surface area (Å²) in [6, 6.07) is 0. The fourth-order valence-corrected chi connectivity index (χ4v) is 0.711. The van der Waals surface area contributed by atoms with Gasteiger partial charge in [-0.15, -0.1) is 0 Å². The van der Waals surface area contributed by atoms with Crippen LogP contribution in [0, 0.1) is 0 Å². The van der Waals surface area contributed by atoms with Crippen molar-refractivity contribution in [3.63, 3.8) is 0 Å². The van der Waals surface area contributed by atoms with Gasteiger partial charge in [0.1, 0.15) is 0 Å². The number of hydrogen-bond donors (Lipinski definition) is 0. The molecule has 0 N–H and O–H groups in total. The molecule has 0 aliphatic carbocycles. The van der Waals surface area contributed by atoms with Crippen LogP contribution in [-0.4, -0.2) is 0 Å². The maximum atomic E-state index is 2.60. The SMILES string of the molecule is CCCC[CH2][V]. The predicted molar refractivity (Wildman–Crippen MR) is 24.3 cm³/mol. The van der Waals surface area contributed by atoms with E-state index in [4.69, 9.17) is 0 Å². The van der Waals surface area contributed by atoms with Crippen LogP contribution in [0.3, 0.4) is 0 Å². The average molecular weight is 122 g/mol. The first-order chi connectivity index (χ1) is 2.91. The molecule has 1 heteroatoms. The molecule has 0 radical (unpaired) electrons. The molecule has 36 valence electrons. The molecule has 0 aromatic rings. The van der Waals surface area contributed by atoms with E-state index in [1.165, 1.54) is 24.4 Å². The Morgan fingerprint density at radius 3 is 2.17 bits per heavy atom. The van der Waals surface area contributed by atoms with Crippen molar-refractivity contribution in [2.45, 2.75) is 31.3 Å². The van der Waals surface area contributed by atoms with Crippen LogP contribution in [0.2, 0.25) is 5.13 Å². The Kier molecular flexibility index (Phi) is 6.13. The minimum atomic E-state index is 1.29. The zero-order valence-electron chi connectivity index (χ0n) is 4.28. The Morgan fingerprint density at radius 1 is 1.33 bits per heavy atom. The molecule has 0 aliphatic rings. The van der Waals surface area contributed by atoms with E-state index in [1.807, 2.05) is 0 Å². The molecular formula is C5H11V. The molecule has 0 spiro atoms. The van der Waals surface area contributed by atoms with Gasteiger partial charge in [-0.05, 0) is 0 Å². The van der Waals surface area contributed by atoms with Crippen LogP contribution in [0.25, 0.3) is 0 Å². The molecule has 0 bridgehead atoms. The van der Waals surface area contributed by atoms with Crippen LogP contribution < -0.4 is 0 Å². The quantitative estimate of drug-likeness (QED) is 0.503. The third-order valence-corrected chi connectivity index (χ3v) is 1.26. The van der Waals surface area contributed by atoms with Gasteiger partial charge in [-0.1, -0.05) is 0 Å². The summed E-state index contributed by atoms with van der Waals surface area (Å²) >= 11 is 2.60. The Bertz CT molecular complexity index is 15.9. The second-order valence-corrected chi connectivity index (χ2v) is 2.13. The molecule has 0 amide bonds. The van der Waals surface area contributed by atoms with Gasteiger partial charge in [0.15, 0.2) is 0 Å². The van der Waals surface area contributed by atoms with E-state index < -0.39 is 0 Å². The predicted octanol–water partition coefficient (Wildman–Crippen LogP) is 2.14. The van der Waals surface area contributed by atoms with Gasteiger partial charge in [-0.25, -0.2) is 0 Å². The fourth-order valence-electron chi connectivity index (χ4n) is 0.362. The summed E-state index contributed by atoms with van der Waals surface area (Å²) in [7, 11) is 0. The summed E-state index contributed by atoms with van der Waals surface area (Å²) in [5.74, 6) is 0. The molecule has 0 saturated heterocycles. The van der Waals surface area contributed by atoms with Gasteiger partial charge in [-0.3, -0.25) is 0 Å². The molecular weight excluding hydrogens is 111 g/mol. The van der Waals surface area contributed by atoms with E-state index in [-0.39, 0.29) is 0 Å². The molecule has 0 fully saturated rings. The van der Waals surface area contributed by atoms with E-state index in [9.17, 15) is 0 Å². The number of hydrogen-bond acceptors (Lipinski definition) is 0. The fraction of sp³-hybridized carbons (Fsp3) is 1.00. The van der Waals surface area contributed by atoms with Crippen molar-refractivity contribution in [2.24, 2.45) is 0 Å². The molecule has 0 atom stereocenters. The third-order valence-electron chi connectivity index (χ3n) is 0.762. The van der Waals surface area contributed by atoms with Crippen LogP contribution in [0.5, 0.6) is 0 Å². The normalized spacial score (nSPS) is 8.83. The van der Waals surface area contributed by atoms with Crippen LogP contribution >= 0.6 is 0 Å². The topological polar surface area (TPSA) is 0 Å². The minimum absolute atomic E-state index is 1.29. The maximum absolute atomic E-state index is 2.60. The van der Waals surface area contributed by atoms with Crippen molar-refractivity contribution in [1.29, 1.82) is 0 Å². The summed E-state index contributed by atoms with van der Waals surface area (Å²) in [4.78, 5) is 0. The summed E-state index contributed by atoms with van der Waals surface area (Å²) in [5.41, 5.74) is 0. The van der Waals surface area contributed by atoms with E-state index >= 15 is 0 Å². The summed E-state index contributed by atoms with van der Waals surface area (Å²) in [5, 5.41) is 1.29. The van der Waals surface area contributed by atoms with E-state index in [2.05, 4.69) is 24.3 Å². The molecule has 6 heavy (non-hydrogen) atoms. The van der Waals surface area contributed by atoms with Crippen LogP contribution in [0.4, 0.5) is 0 Å². The summed E-state index contributed by atoms with van der Waals surface area (Å²) in [6.07, 6.45) is 4.13. The molecule has 0 rings (SSSR count). The second kappa shape index (κ2) is 5.58. The average Bonchev–Trinajstić information content (AvgIpc) is 1.61. The molecule has 0 heterocycles. The van der Waals surface area contributed by atoms with Gasteiger partial charge in [0.05, 0.1) is 0 Å². The zero-order chi connectivity index (χ0) is 4.83. The van der Waals surface area contributed by atoms with Crippen LogP contribution in [-0.2, 0) is 17.4 Å². The molecule has 0 aromatic heterocycles. The second-order valence-electron chi connectivity index (χ2n) is 1.43. The molecule has 0 aromatic carbocycles. The van der Waals surface area contributed by atoms with E-state index in [0.717, 1.165) is 0 Å². The monoisotopic (exact) mass is 122 g/mol. The van der Waals surface area contributed by atoms with Crippen LogP contribution in [0.15, 0.2) is 0 Å². The van der Waals surface area contributed by atoms with Crippen molar-refractivity contribution in [3.05, 3.63) is 0 Å². The Labute approximate surface area is 49.3 Å². The van der Waals surface area contributed by atoms with E-state index in [0.29, 0.717) is 0 Å². The Balaban J connectivity index is 2.34. The zero-order valence-corrected chi connectivity index (χ0v) is 5.67. The standard InChI is InChI=1S/C5H11.V/c1-3-5-4-2;/h1,3-5H2,2H3;. The molecule has 0 unspecified atom stereocenters. The molecule has 0 aliphatic heterocycles. The first-order valence-electron chi connectivity index (χ1n) is 2.52. The summed E-state index contributed by atoms with van der Waals surface area (Å²) < 4.78 is 0. The summed E-state index contributed by atoms with van der Waals surface area (Å²) in [6.45, 7) is 2.22.